The van der Waals surface area contributed by atoms with Crippen LogP contribution in [0.5, 0.6) is 0 Å². The van der Waals surface area contributed by atoms with Gasteiger partial charge in [-0.1, -0.05) is 42.1 Å². The average molecular weight is 364 g/mol. The van der Waals surface area contributed by atoms with E-state index in [4.69, 9.17) is 0 Å². The molecule has 0 fully saturated rings. The van der Waals surface area contributed by atoms with E-state index in [2.05, 4.69) is 10.2 Å². The van der Waals surface area contributed by atoms with E-state index < -0.39 is 17.6 Å². The molecular formula is C18H12N4O3S. The monoisotopic (exact) mass is 364 g/mol. The number of amides is 2. The van der Waals surface area contributed by atoms with E-state index in [1.807, 2.05) is 30.3 Å². The molecule has 0 aliphatic carbocycles. The number of hydrogen-bond acceptors (Lipinski definition) is 6. The van der Waals surface area contributed by atoms with Gasteiger partial charge in [0.1, 0.15) is 6.33 Å². The fourth-order valence-corrected chi connectivity index (χ4v) is 3.49. The number of nitrogens with zero attached hydrogens (tertiary/aromatic N) is 4. The predicted octanol–water partition coefficient (Wildman–Crippen LogP) is 2.12. The lowest BCUT2D eigenvalue weighted by molar-refractivity contribution is -0.122. The number of aromatic nitrogens is 3. The Labute approximate surface area is 152 Å². The number of ketones is 1. The number of fused-ring (bicyclic) bond motifs is 1. The SMILES string of the molecule is O=C1C(=O)N(C(=O)CSc2nncn2-c2ccccc2)c2ccccc21. The van der Waals surface area contributed by atoms with Crippen molar-refractivity contribution in [3.05, 3.63) is 66.5 Å². The van der Waals surface area contributed by atoms with Crippen LogP contribution in [0.4, 0.5) is 5.69 Å². The van der Waals surface area contributed by atoms with Gasteiger partial charge in [0.25, 0.3) is 5.78 Å². The van der Waals surface area contributed by atoms with Crippen LogP contribution in [0.25, 0.3) is 5.69 Å². The largest absolute Gasteiger partial charge is 0.306 e. The van der Waals surface area contributed by atoms with Gasteiger partial charge in [0.15, 0.2) is 5.16 Å². The van der Waals surface area contributed by atoms with Gasteiger partial charge in [-0.15, -0.1) is 10.2 Å². The number of Topliss-reactive ketones (excluding diaryl/α,β-unsaturated/α-hetero) is 1. The molecule has 2 heterocycles. The Morgan fingerprint density at radius 1 is 1.00 bits per heavy atom. The standard InChI is InChI=1S/C18H12N4O3S/c23-15(22-14-9-5-4-8-13(14)16(24)17(22)25)10-26-18-20-19-11-21(18)12-6-2-1-3-7-12/h1-9,11H,10H2. The minimum atomic E-state index is -0.818. The highest BCUT2D eigenvalue weighted by molar-refractivity contribution is 7.99. The molecule has 1 aromatic heterocycles. The molecule has 0 bridgehead atoms. The van der Waals surface area contributed by atoms with Gasteiger partial charge in [-0.2, -0.15) is 0 Å². The zero-order valence-corrected chi connectivity index (χ0v) is 14.2. The maximum absolute atomic E-state index is 12.6. The van der Waals surface area contributed by atoms with E-state index in [1.165, 1.54) is 0 Å². The van der Waals surface area contributed by atoms with Crippen LogP contribution in [0.1, 0.15) is 10.4 Å². The van der Waals surface area contributed by atoms with Crippen LogP contribution in [0.3, 0.4) is 0 Å². The van der Waals surface area contributed by atoms with Crippen LogP contribution >= 0.6 is 11.8 Å². The molecule has 2 amide bonds. The Morgan fingerprint density at radius 3 is 2.54 bits per heavy atom. The highest BCUT2D eigenvalue weighted by atomic mass is 32.2. The number of imide groups is 1. The molecule has 0 N–H and O–H groups in total. The van der Waals surface area contributed by atoms with E-state index in [0.717, 1.165) is 22.3 Å². The minimum Gasteiger partial charge on any atom is -0.283 e. The first-order valence-corrected chi connectivity index (χ1v) is 8.74. The topological polar surface area (TPSA) is 85.2 Å². The van der Waals surface area contributed by atoms with Gasteiger partial charge in [-0.05, 0) is 24.3 Å². The van der Waals surface area contributed by atoms with Gasteiger partial charge in [-0.25, -0.2) is 4.90 Å². The Balaban J connectivity index is 1.54. The summed E-state index contributed by atoms with van der Waals surface area (Å²) in [6.45, 7) is 0. The predicted molar refractivity (Wildman–Crippen MR) is 95.3 cm³/mol. The molecule has 26 heavy (non-hydrogen) atoms. The highest BCUT2D eigenvalue weighted by Gasteiger charge is 2.39. The molecule has 0 saturated carbocycles. The first kappa shape index (κ1) is 16.2. The lowest BCUT2D eigenvalue weighted by atomic mass is 10.1. The molecule has 1 aliphatic rings. The van der Waals surface area contributed by atoms with Crippen LogP contribution < -0.4 is 4.90 Å². The van der Waals surface area contributed by atoms with Gasteiger partial charge in [0.05, 0.1) is 17.0 Å². The van der Waals surface area contributed by atoms with Crippen molar-refractivity contribution in [3.8, 4) is 5.69 Å². The van der Waals surface area contributed by atoms with Crippen LogP contribution in [0, 0.1) is 0 Å². The third-order valence-corrected chi connectivity index (χ3v) is 4.84. The highest BCUT2D eigenvalue weighted by Crippen LogP contribution is 2.30. The second-order valence-electron chi connectivity index (χ2n) is 5.49. The molecule has 0 saturated heterocycles. The maximum atomic E-state index is 12.6. The van der Waals surface area contributed by atoms with E-state index in [9.17, 15) is 14.4 Å². The Kier molecular flexibility index (Phi) is 4.10. The number of carbonyl (C=O) groups is 3. The Hall–Kier alpha value is -3.26. The maximum Gasteiger partial charge on any atom is 0.306 e. The normalized spacial score (nSPS) is 13.2. The van der Waals surface area contributed by atoms with Gasteiger partial charge < -0.3 is 0 Å². The molecule has 0 radical (unpaired) electrons. The molecule has 4 rings (SSSR count). The molecule has 128 valence electrons. The van der Waals surface area contributed by atoms with Crippen molar-refractivity contribution in [1.29, 1.82) is 0 Å². The third kappa shape index (κ3) is 2.70. The second-order valence-corrected chi connectivity index (χ2v) is 6.43. The van der Waals surface area contributed by atoms with Crippen molar-refractivity contribution in [2.75, 3.05) is 10.7 Å². The van der Waals surface area contributed by atoms with Crippen molar-refractivity contribution in [2.45, 2.75) is 5.16 Å². The van der Waals surface area contributed by atoms with E-state index in [1.54, 1.807) is 35.2 Å². The second kappa shape index (κ2) is 6.57. The first-order chi connectivity index (χ1) is 12.7. The van der Waals surface area contributed by atoms with Crippen molar-refractivity contribution in [3.63, 3.8) is 0 Å². The molecule has 3 aromatic rings. The summed E-state index contributed by atoms with van der Waals surface area (Å²) in [7, 11) is 0. The fourth-order valence-electron chi connectivity index (χ4n) is 2.71. The number of anilines is 1. The molecule has 1 aliphatic heterocycles. The molecule has 8 heteroatoms. The zero-order valence-electron chi connectivity index (χ0n) is 13.4. The summed E-state index contributed by atoms with van der Waals surface area (Å²) in [5, 5.41) is 8.43. The zero-order chi connectivity index (χ0) is 18.1. The molecule has 7 nitrogen and oxygen atoms in total. The number of benzene rings is 2. The van der Waals surface area contributed by atoms with Crippen molar-refractivity contribution < 1.29 is 14.4 Å². The first-order valence-electron chi connectivity index (χ1n) is 7.75. The van der Waals surface area contributed by atoms with Crippen molar-refractivity contribution in [2.24, 2.45) is 0 Å². The van der Waals surface area contributed by atoms with Gasteiger partial charge >= 0.3 is 5.91 Å². The van der Waals surface area contributed by atoms with Gasteiger partial charge in [-0.3, -0.25) is 19.0 Å². The van der Waals surface area contributed by atoms with Crippen molar-refractivity contribution >= 4 is 35.0 Å². The molecule has 0 spiro atoms. The summed E-state index contributed by atoms with van der Waals surface area (Å²) in [4.78, 5) is 37.7. The number of rotatable bonds is 4. The molecule has 0 atom stereocenters. The minimum absolute atomic E-state index is 0.0428. The summed E-state index contributed by atoms with van der Waals surface area (Å²) in [6, 6.07) is 16.0. The molecular weight excluding hydrogens is 352 g/mol. The van der Waals surface area contributed by atoms with E-state index in [-0.39, 0.29) is 11.3 Å². The van der Waals surface area contributed by atoms with Gasteiger partial charge in [0.2, 0.25) is 5.91 Å². The van der Waals surface area contributed by atoms with E-state index >= 15 is 0 Å². The summed E-state index contributed by atoms with van der Waals surface area (Å²) < 4.78 is 1.75. The summed E-state index contributed by atoms with van der Waals surface area (Å²) >= 11 is 1.16. The summed E-state index contributed by atoms with van der Waals surface area (Å²) in [6.07, 6.45) is 1.56. The lowest BCUT2D eigenvalue weighted by Crippen LogP contribution is -2.37. The lowest BCUT2D eigenvalue weighted by Gasteiger charge is -2.14. The number of hydrogen-bond donors (Lipinski definition) is 0. The van der Waals surface area contributed by atoms with E-state index in [0.29, 0.717) is 10.8 Å². The number of thioether (sulfide) groups is 1. The number of para-hydroxylation sites is 2. The quantitative estimate of drug-likeness (QED) is 0.521. The summed E-state index contributed by atoms with van der Waals surface area (Å²) in [5.74, 6) is -1.99. The van der Waals surface area contributed by atoms with Crippen LogP contribution in [-0.2, 0) is 9.59 Å². The Morgan fingerprint density at radius 2 is 1.73 bits per heavy atom. The van der Waals surface area contributed by atoms with Crippen molar-refractivity contribution in [1.82, 2.24) is 14.8 Å². The van der Waals surface area contributed by atoms with Crippen LogP contribution in [-0.4, -0.2) is 38.1 Å². The molecule has 0 unspecified atom stereocenters. The summed E-state index contributed by atoms with van der Waals surface area (Å²) in [5.41, 5.74) is 1.45. The Bertz CT molecular complexity index is 1020. The average Bonchev–Trinajstić information content (AvgIpc) is 3.24. The van der Waals surface area contributed by atoms with Crippen LogP contribution in [0.15, 0.2) is 66.1 Å². The van der Waals surface area contributed by atoms with Gasteiger partial charge in [0, 0.05) is 5.69 Å². The smallest absolute Gasteiger partial charge is 0.283 e. The fraction of sp³-hybridized carbons (Fsp3) is 0.0556. The number of carbonyl (C=O) groups excluding carboxylic acids is 3. The van der Waals surface area contributed by atoms with Crippen LogP contribution in [0.2, 0.25) is 0 Å². The third-order valence-electron chi connectivity index (χ3n) is 3.91. The molecule has 2 aromatic carbocycles.